The summed E-state index contributed by atoms with van der Waals surface area (Å²) < 4.78 is 4.71. The van der Waals surface area contributed by atoms with E-state index in [2.05, 4.69) is 21.2 Å². The maximum atomic E-state index is 11.3. The van der Waals surface area contributed by atoms with Gasteiger partial charge in [-0.1, -0.05) is 22.9 Å². The van der Waals surface area contributed by atoms with E-state index < -0.39 is 6.04 Å². The fraction of sp³-hybridized carbons (Fsp3) is 0.750. The molecule has 1 rings (SSSR count). The first-order valence-electron chi connectivity index (χ1n) is 4.26. The molecular weight excluding hydrogens is 238 g/mol. The Morgan fingerprint density at radius 3 is 3.00 bits per heavy atom. The van der Waals surface area contributed by atoms with Crippen LogP contribution in [0.25, 0.3) is 0 Å². The van der Waals surface area contributed by atoms with Gasteiger partial charge in [0.05, 0.1) is 11.4 Å². The second-order valence-corrected chi connectivity index (χ2v) is 4.00. The molecular formula is C8H12BrNO3. The molecule has 4 nitrogen and oxygen atoms in total. The molecule has 2 unspecified atom stereocenters. The molecule has 0 bridgehead atoms. The van der Waals surface area contributed by atoms with Crippen molar-refractivity contribution in [1.82, 2.24) is 5.32 Å². The van der Waals surface area contributed by atoms with Gasteiger partial charge in [-0.15, -0.1) is 0 Å². The van der Waals surface area contributed by atoms with Crippen molar-refractivity contribution in [3.63, 3.8) is 0 Å². The highest BCUT2D eigenvalue weighted by Crippen LogP contribution is 2.09. The molecule has 0 spiro atoms. The Hall–Kier alpha value is -0.580. The third-order valence-electron chi connectivity index (χ3n) is 1.89. The monoisotopic (exact) mass is 249 g/mol. The van der Waals surface area contributed by atoms with Crippen LogP contribution in [-0.4, -0.2) is 29.4 Å². The van der Waals surface area contributed by atoms with Crippen molar-refractivity contribution >= 4 is 27.8 Å². The molecule has 1 N–H and O–H groups in total. The van der Waals surface area contributed by atoms with Crippen molar-refractivity contribution in [2.75, 3.05) is 6.61 Å². The topological polar surface area (TPSA) is 55.4 Å². The number of ether oxygens (including phenoxy) is 1. The van der Waals surface area contributed by atoms with Crippen molar-refractivity contribution in [2.45, 2.75) is 30.6 Å². The Labute approximate surface area is 85.1 Å². The van der Waals surface area contributed by atoms with E-state index in [4.69, 9.17) is 4.74 Å². The van der Waals surface area contributed by atoms with E-state index >= 15 is 0 Å². The van der Waals surface area contributed by atoms with Gasteiger partial charge in [-0.25, -0.2) is 4.79 Å². The van der Waals surface area contributed by atoms with Crippen LogP contribution >= 0.6 is 15.9 Å². The summed E-state index contributed by atoms with van der Waals surface area (Å²) in [7, 11) is 0. The zero-order valence-corrected chi connectivity index (χ0v) is 8.96. The summed E-state index contributed by atoms with van der Waals surface area (Å²) in [5, 5.41) is 2.62. The maximum Gasteiger partial charge on any atom is 0.328 e. The molecule has 1 amide bonds. The third kappa shape index (κ3) is 2.69. The molecule has 0 aromatic heterocycles. The molecule has 0 radical (unpaired) electrons. The smallest absolute Gasteiger partial charge is 0.328 e. The van der Waals surface area contributed by atoms with E-state index in [1.165, 1.54) is 0 Å². The van der Waals surface area contributed by atoms with Crippen LogP contribution in [0.3, 0.4) is 0 Å². The van der Waals surface area contributed by atoms with Gasteiger partial charge >= 0.3 is 5.97 Å². The van der Waals surface area contributed by atoms with Crippen LogP contribution in [0, 0.1) is 0 Å². The molecule has 0 aliphatic carbocycles. The van der Waals surface area contributed by atoms with Crippen LogP contribution in [0.2, 0.25) is 0 Å². The van der Waals surface area contributed by atoms with Gasteiger partial charge in [0.2, 0.25) is 5.91 Å². The van der Waals surface area contributed by atoms with Gasteiger partial charge < -0.3 is 10.1 Å². The van der Waals surface area contributed by atoms with Gasteiger partial charge in [-0.2, -0.15) is 0 Å². The summed E-state index contributed by atoms with van der Waals surface area (Å²) in [6.45, 7) is 2.30. The summed E-state index contributed by atoms with van der Waals surface area (Å²) in [6.07, 6.45) is 1.28. The highest BCUT2D eigenvalue weighted by Gasteiger charge is 2.29. The number of rotatable bonds is 3. The van der Waals surface area contributed by atoms with Crippen LogP contribution in [-0.2, 0) is 14.3 Å². The molecule has 13 heavy (non-hydrogen) atoms. The first-order valence-corrected chi connectivity index (χ1v) is 5.17. The van der Waals surface area contributed by atoms with E-state index in [1.54, 1.807) is 0 Å². The number of esters is 1. The Morgan fingerprint density at radius 1 is 1.85 bits per heavy atom. The van der Waals surface area contributed by atoms with Gasteiger partial charge in [0.1, 0.15) is 6.04 Å². The van der Waals surface area contributed by atoms with Crippen LogP contribution < -0.4 is 5.32 Å². The molecule has 1 fully saturated rings. The Balaban J connectivity index is 2.39. The highest BCUT2D eigenvalue weighted by atomic mass is 79.9. The zero-order chi connectivity index (χ0) is 9.84. The summed E-state index contributed by atoms with van der Waals surface area (Å²) in [5.41, 5.74) is 0. The number of amides is 1. The van der Waals surface area contributed by atoms with Gasteiger partial charge in [0.15, 0.2) is 0 Å². The highest BCUT2D eigenvalue weighted by molar-refractivity contribution is 9.10. The average molecular weight is 250 g/mol. The van der Waals surface area contributed by atoms with E-state index in [0.29, 0.717) is 19.4 Å². The van der Waals surface area contributed by atoms with Crippen LogP contribution in [0.4, 0.5) is 0 Å². The van der Waals surface area contributed by atoms with Crippen molar-refractivity contribution in [3.8, 4) is 0 Å². The molecule has 1 aliphatic rings. The van der Waals surface area contributed by atoms with E-state index in [9.17, 15) is 9.59 Å². The lowest BCUT2D eigenvalue weighted by molar-refractivity contribution is -0.141. The first kappa shape index (κ1) is 10.5. The quantitative estimate of drug-likeness (QED) is 0.589. The molecule has 1 saturated heterocycles. The molecule has 2 atom stereocenters. The minimum Gasteiger partial charge on any atom is -0.464 e. The number of nitrogens with one attached hydrogen (secondary N) is 1. The average Bonchev–Trinajstić information content (AvgIpc) is 2.50. The Morgan fingerprint density at radius 2 is 2.54 bits per heavy atom. The maximum absolute atomic E-state index is 11.3. The number of hydrogen-bond acceptors (Lipinski definition) is 3. The molecule has 1 aliphatic heterocycles. The lowest BCUT2D eigenvalue weighted by Gasteiger charge is -2.11. The summed E-state index contributed by atoms with van der Waals surface area (Å²) >= 11 is 3.21. The number of alkyl halides is 1. The number of cyclic esters (lactones) is 1. The minimum absolute atomic E-state index is 0.147. The summed E-state index contributed by atoms with van der Waals surface area (Å²) in [5.74, 6) is -0.476. The minimum atomic E-state index is -0.445. The van der Waals surface area contributed by atoms with Gasteiger partial charge in [-0.05, 0) is 6.42 Å². The van der Waals surface area contributed by atoms with Crippen molar-refractivity contribution in [1.29, 1.82) is 0 Å². The van der Waals surface area contributed by atoms with Gasteiger partial charge in [0, 0.05) is 6.42 Å². The molecule has 0 saturated carbocycles. The predicted molar refractivity (Wildman–Crippen MR) is 50.5 cm³/mol. The fourth-order valence-electron chi connectivity index (χ4n) is 1.07. The second kappa shape index (κ2) is 4.60. The predicted octanol–water partition coefficient (Wildman–Crippen LogP) is 0.592. The van der Waals surface area contributed by atoms with Gasteiger partial charge in [-0.3, -0.25) is 4.79 Å². The molecule has 0 aromatic rings. The molecule has 74 valence electrons. The number of hydrogen-bond donors (Lipinski definition) is 1. The molecule has 0 aromatic carbocycles. The standard InChI is InChI=1S/C8H12BrNO3/c1-2-5(9)7(11)10-6-3-4-13-8(6)12/h5-6H,2-4H2,1H3,(H,10,11). The lowest BCUT2D eigenvalue weighted by Crippen LogP contribution is -2.41. The van der Waals surface area contributed by atoms with E-state index in [0.717, 1.165) is 0 Å². The number of halogens is 1. The van der Waals surface area contributed by atoms with E-state index in [1.807, 2.05) is 6.92 Å². The Kier molecular flexibility index (Phi) is 3.71. The largest absolute Gasteiger partial charge is 0.464 e. The molecule has 1 heterocycles. The summed E-state index contributed by atoms with van der Waals surface area (Å²) in [4.78, 5) is 22.1. The lowest BCUT2D eigenvalue weighted by atomic mass is 10.2. The summed E-state index contributed by atoms with van der Waals surface area (Å²) in [6, 6.07) is -0.445. The third-order valence-corrected chi connectivity index (χ3v) is 2.96. The SMILES string of the molecule is CCC(Br)C(=O)NC1CCOC1=O. The van der Waals surface area contributed by atoms with Gasteiger partial charge in [0.25, 0.3) is 0 Å². The van der Waals surface area contributed by atoms with Crippen molar-refractivity contribution in [2.24, 2.45) is 0 Å². The van der Waals surface area contributed by atoms with Crippen LogP contribution in [0.15, 0.2) is 0 Å². The first-order chi connectivity index (χ1) is 6.15. The zero-order valence-electron chi connectivity index (χ0n) is 7.38. The van der Waals surface area contributed by atoms with Crippen LogP contribution in [0.1, 0.15) is 19.8 Å². The number of carbonyl (C=O) groups excluding carboxylic acids is 2. The van der Waals surface area contributed by atoms with E-state index in [-0.39, 0.29) is 16.7 Å². The van der Waals surface area contributed by atoms with Crippen LogP contribution in [0.5, 0.6) is 0 Å². The second-order valence-electron chi connectivity index (χ2n) is 2.89. The molecule has 5 heteroatoms. The fourth-order valence-corrected chi connectivity index (χ4v) is 1.21. The van der Waals surface area contributed by atoms with Crippen molar-refractivity contribution in [3.05, 3.63) is 0 Å². The normalized spacial score (nSPS) is 23.8. The van der Waals surface area contributed by atoms with Crippen molar-refractivity contribution < 1.29 is 14.3 Å². The number of carbonyl (C=O) groups is 2. The Bertz CT molecular complexity index is 219.